The Balaban J connectivity index is 2.23. The van der Waals surface area contributed by atoms with Gasteiger partial charge in [-0.3, -0.25) is 0 Å². The Kier molecular flexibility index (Phi) is 2.69. The van der Waals surface area contributed by atoms with Gasteiger partial charge in [0.05, 0.1) is 0 Å². The number of hydrogen-bond donors (Lipinski definition) is 1. The summed E-state index contributed by atoms with van der Waals surface area (Å²) >= 11 is 0. The van der Waals surface area contributed by atoms with E-state index in [1.54, 1.807) is 0 Å². The Labute approximate surface area is 58.9 Å². The minimum atomic E-state index is -0.459. The summed E-state index contributed by atoms with van der Waals surface area (Å²) in [5.41, 5.74) is 0. The molecule has 1 fully saturated rings. The third-order valence-electron chi connectivity index (χ3n) is 1.88. The standard InChI is InChI=1S/C6H16N2Si/c1-9(2)8-5-3-7-4-6-8/h7,9H,3-6H2,1-2H3. The van der Waals surface area contributed by atoms with Gasteiger partial charge >= 0.3 is 0 Å². The number of nitrogens with one attached hydrogen (secondary N) is 1. The van der Waals surface area contributed by atoms with Crippen LogP contribution >= 0.6 is 0 Å². The minimum Gasteiger partial charge on any atom is -0.324 e. The van der Waals surface area contributed by atoms with Crippen LogP contribution in [0.1, 0.15) is 0 Å². The molecule has 0 radical (unpaired) electrons. The monoisotopic (exact) mass is 144 g/mol. The van der Waals surface area contributed by atoms with Crippen molar-refractivity contribution < 1.29 is 0 Å². The zero-order chi connectivity index (χ0) is 6.69. The van der Waals surface area contributed by atoms with Gasteiger partial charge in [-0.1, -0.05) is 13.1 Å². The second-order valence-corrected chi connectivity index (χ2v) is 5.80. The van der Waals surface area contributed by atoms with Gasteiger partial charge in [0.25, 0.3) is 0 Å². The van der Waals surface area contributed by atoms with Crippen LogP contribution in [0.3, 0.4) is 0 Å². The highest BCUT2D eigenvalue weighted by atomic mass is 28.3. The molecule has 3 heteroatoms. The average molecular weight is 144 g/mol. The van der Waals surface area contributed by atoms with Crippen molar-refractivity contribution in [3.8, 4) is 0 Å². The molecule has 1 N–H and O–H groups in total. The quantitative estimate of drug-likeness (QED) is 0.516. The molecule has 1 saturated heterocycles. The second-order valence-electron chi connectivity index (χ2n) is 2.88. The van der Waals surface area contributed by atoms with Gasteiger partial charge in [0.1, 0.15) is 8.96 Å². The SMILES string of the molecule is C[SiH](C)N1CCNCC1. The summed E-state index contributed by atoms with van der Waals surface area (Å²) in [6, 6.07) is 0. The summed E-state index contributed by atoms with van der Waals surface area (Å²) in [7, 11) is -0.459. The van der Waals surface area contributed by atoms with E-state index in [0.29, 0.717) is 0 Å². The number of nitrogens with zero attached hydrogens (tertiary/aromatic N) is 1. The lowest BCUT2D eigenvalue weighted by molar-refractivity contribution is 0.370. The third kappa shape index (κ3) is 2.08. The molecule has 0 atom stereocenters. The predicted octanol–water partition coefficient (Wildman–Crippen LogP) is -0.125. The molecule has 0 spiro atoms. The van der Waals surface area contributed by atoms with E-state index >= 15 is 0 Å². The number of hydrogen-bond acceptors (Lipinski definition) is 2. The Bertz CT molecular complexity index is 79.1. The fourth-order valence-corrected chi connectivity index (χ4v) is 2.49. The molecule has 0 aromatic carbocycles. The van der Waals surface area contributed by atoms with Gasteiger partial charge in [-0.25, -0.2) is 0 Å². The molecule has 1 rings (SSSR count). The van der Waals surface area contributed by atoms with Crippen LogP contribution in [0.25, 0.3) is 0 Å². The zero-order valence-corrected chi connectivity index (χ0v) is 7.51. The molecular weight excluding hydrogens is 128 g/mol. The third-order valence-corrected chi connectivity index (χ3v) is 3.86. The first-order chi connectivity index (χ1) is 4.30. The van der Waals surface area contributed by atoms with Gasteiger partial charge in [-0.15, -0.1) is 0 Å². The summed E-state index contributed by atoms with van der Waals surface area (Å²) in [5.74, 6) is 0. The van der Waals surface area contributed by atoms with Crippen LogP contribution in [0.2, 0.25) is 13.1 Å². The molecule has 0 bridgehead atoms. The Hall–Kier alpha value is 0.137. The molecule has 0 saturated carbocycles. The summed E-state index contributed by atoms with van der Waals surface area (Å²) in [4.78, 5) is 0. The van der Waals surface area contributed by atoms with Crippen LogP contribution in [-0.4, -0.2) is 39.7 Å². The lowest BCUT2D eigenvalue weighted by Gasteiger charge is -2.30. The van der Waals surface area contributed by atoms with Crippen LogP contribution < -0.4 is 5.32 Å². The molecule has 0 aliphatic carbocycles. The van der Waals surface area contributed by atoms with Crippen molar-refractivity contribution in [2.45, 2.75) is 13.1 Å². The van der Waals surface area contributed by atoms with E-state index in [0.717, 1.165) is 0 Å². The van der Waals surface area contributed by atoms with E-state index in [2.05, 4.69) is 23.0 Å². The average Bonchev–Trinajstić information content (AvgIpc) is 1.90. The maximum atomic E-state index is 3.35. The highest BCUT2D eigenvalue weighted by molar-refractivity contribution is 6.52. The molecule has 0 aromatic rings. The summed E-state index contributed by atoms with van der Waals surface area (Å²) < 4.78 is 2.64. The molecule has 9 heavy (non-hydrogen) atoms. The molecule has 2 nitrogen and oxygen atoms in total. The van der Waals surface area contributed by atoms with E-state index in [1.165, 1.54) is 26.2 Å². The fraction of sp³-hybridized carbons (Fsp3) is 1.00. The van der Waals surface area contributed by atoms with Crippen molar-refractivity contribution in [2.75, 3.05) is 26.2 Å². The van der Waals surface area contributed by atoms with Crippen molar-refractivity contribution in [1.29, 1.82) is 0 Å². The molecular formula is C6H16N2Si. The molecule has 1 aliphatic rings. The van der Waals surface area contributed by atoms with Crippen LogP contribution in [0.5, 0.6) is 0 Å². The van der Waals surface area contributed by atoms with Crippen molar-refractivity contribution in [2.24, 2.45) is 0 Å². The summed E-state index contributed by atoms with van der Waals surface area (Å²) in [6.45, 7) is 9.75. The van der Waals surface area contributed by atoms with Gasteiger partial charge in [-0.2, -0.15) is 0 Å². The zero-order valence-electron chi connectivity index (χ0n) is 6.35. The smallest absolute Gasteiger partial charge is 0.105 e. The molecule has 0 aromatic heterocycles. The summed E-state index contributed by atoms with van der Waals surface area (Å²) in [5, 5.41) is 3.35. The van der Waals surface area contributed by atoms with E-state index < -0.39 is 8.96 Å². The van der Waals surface area contributed by atoms with Crippen LogP contribution in [0.4, 0.5) is 0 Å². The lowest BCUT2D eigenvalue weighted by Crippen LogP contribution is -2.48. The molecule has 1 aliphatic heterocycles. The summed E-state index contributed by atoms with van der Waals surface area (Å²) in [6.07, 6.45) is 0. The van der Waals surface area contributed by atoms with Crippen molar-refractivity contribution in [3.63, 3.8) is 0 Å². The Morgan fingerprint density at radius 1 is 1.22 bits per heavy atom. The van der Waals surface area contributed by atoms with Gasteiger partial charge in [0.15, 0.2) is 0 Å². The molecule has 0 amide bonds. The highest BCUT2D eigenvalue weighted by Gasteiger charge is 2.12. The topological polar surface area (TPSA) is 15.3 Å². The van der Waals surface area contributed by atoms with Crippen LogP contribution in [-0.2, 0) is 0 Å². The van der Waals surface area contributed by atoms with Crippen molar-refractivity contribution >= 4 is 8.96 Å². The largest absolute Gasteiger partial charge is 0.324 e. The van der Waals surface area contributed by atoms with Gasteiger partial charge < -0.3 is 9.88 Å². The highest BCUT2D eigenvalue weighted by Crippen LogP contribution is 1.95. The van der Waals surface area contributed by atoms with Crippen molar-refractivity contribution in [1.82, 2.24) is 9.88 Å². The van der Waals surface area contributed by atoms with E-state index in [-0.39, 0.29) is 0 Å². The first kappa shape index (κ1) is 7.25. The van der Waals surface area contributed by atoms with Gasteiger partial charge in [0, 0.05) is 26.2 Å². The van der Waals surface area contributed by atoms with Gasteiger partial charge in [-0.05, 0) is 0 Å². The first-order valence-corrected chi connectivity index (χ1v) is 6.58. The minimum absolute atomic E-state index is 0.459. The Morgan fingerprint density at radius 3 is 2.11 bits per heavy atom. The fourth-order valence-electron chi connectivity index (χ4n) is 1.20. The Morgan fingerprint density at radius 2 is 1.78 bits per heavy atom. The maximum absolute atomic E-state index is 3.35. The van der Waals surface area contributed by atoms with Crippen molar-refractivity contribution in [3.05, 3.63) is 0 Å². The van der Waals surface area contributed by atoms with E-state index in [9.17, 15) is 0 Å². The predicted molar refractivity (Wildman–Crippen MR) is 43.3 cm³/mol. The normalized spacial score (nSPS) is 23.0. The molecule has 0 unspecified atom stereocenters. The number of piperazine rings is 1. The molecule has 1 heterocycles. The van der Waals surface area contributed by atoms with E-state index in [4.69, 9.17) is 0 Å². The molecule has 54 valence electrons. The van der Waals surface area contributed by atoms with Gasteiger partial charge in [0.2, 0.25) is 0 Å². The van der Waals surface area contributed by atoms with Crippen LogP contribution in [0, 0.1) is 0 Å². The lowest BCUT2D eigenvalue weighted by atomic mass is 10.4. The second kappa shape index (κ2) is 3.34. The first-order valence-electron chi connectivity index (χ1n) is 3.75. The van der Waals surface area contributed by atoms with Crippen LogP contribution in [0.15, 0.2) is 0 Å². The number of rotatable bonds is 1. The van der Waals surface area contributed by atoms with E-state index in [1.807, 2.05) is 0 Å². The maximum Gasteiger partial charge on any atom is 0.105 e.